The van der Waals surface area contributed by atoms with Crippen LogP contribution in [-0.2, 0) is 19.6 Å². The summed E-state index contributed by atoms with van der Waals surface area (Å²) < 4.78 is 2.99. The van der Waals surface area contributed by atoms with Crippen LogP contribution in [0, 0.1) is 6.92 Å². The Morgan fingerprint density at radius 2 is 1.86 bits per heavy atom. The number of rotatable bonds is 6. The number of nitrogens with zero attached hydrogens (tertiary/aromatic N) is 2. The Kier molecular flexibility index (Phi) is 4.97. The predicted octanol–water partition coefficient (Wildman–Crippen LogP) is 0.621. The van der Waals surface area contributed by atoms with Crippen molar-refractivity contribution in [1.82, 2.24) is 14.5 Å². The molecule has 0 saturated carbocycles. The van der Waals surface area contributed by atoms with E-state index in [0.29, 0.717) is 31.6 Å². The second kappa shape index (κ2) is 6.55. The Balaban J connectivity index is 2.69. The van der Waals surface area contributed by atoms with Crippen LogP contribution in [0.1, 0.15) is 24.3 Å². The summed E-state index contributed by atoms with van der Waals surface area (Å²) in [5, 5.41) is 3.92. The summed E-state index contributed by atoms with van der Waals surface area (Å²) in [7, 11) is 0. The van der Waals surface area contributed by atoms with E-state index >= 15 is 0 Å². The first-order valence-electron chi connectivity index (χ1n) is 7.23. The predicted molar refractivity (Wildman–Crippen MR) is 87.2 cm³/mol. The zero-order valence-corrected chi connectivity index (χ0v) is 13.5. The van der Waals surface area contributed by atoms with Gasteiger partial charge in [-0.1, -0.05) is 0 Å². The molecule has 0 saturated heterocycles. The van der Waals surface area contributed by atoms with E-state index in [-0.39, 0.29) is 11.2 Å². The van der Waals surface area contributed by atoms with Crippen molar-refractivity contribution in [2.75, 3.05) is 13.1 Å². The summed E-state index contributed by atoms with van der Waals surface area (Å²) in [6.07, 6.45) is 0. The maximum Gasteiger partial charge on any atom is 0.332 e. The van der Waals surface area contributed by atoms with Crippen LogP contribution in [0.3, 0.4) is 0 Å². The molecular formula is C14H22N4O2S. The highest BCUT2D eigenvalue weighted by atomic mass is 32.1. The van der Waals surface area contributed by atoms with Gasteiger partial charge in [0.05, 0.1) is 5.39 Å². The molecule has 2 aromatic rings. The highest BCUT2D eigenvalue weighted by molar-refractivity contribution is 7.18. The Bertz CT molecular complexity index is 757. The summed E-state index contributed by atoms with van der Waals surface area (Å²) in [5.41, 5.74) is 6.04. The second-order valence-electron chi connectivity index (χ2n) is 4.87. The van der Waals surface area contributed by atoms with Crippen molar-refractivity contribution in [3.05, 3.63) is 31.3 Å². The quantitative estimate of drug-likeness (QED) is 0.766. The number of hydrogen-bond acceptors (Lipinski definition) is 5. The third-order valence-corrected chi connectivity index (χ3v) is 4.95. The number of nitrogens with two attached hydrogens (primary N) is 1. The van der Waals surface area contributed by atoms with Gasteiger partial charge in [0.1, 0.15) is 4.83 Å². The first-order chi connectivity index (χ1) is 10.1. The lowest BCUT2D eigenvalue weighted by Crippen LogP contribution is -2.39. The van der Waals surface area contributed by atoms with Crippen molar-refractivity contribution in [2.24, 2.45) is 5.73 Å². The maximum absolute atomic E-state index is 12.5. The molecule has 0 aromatic carbocycles. The molecule has 0 spiro atoms. The van der Waals surface area contributed by atoms with Crippen molar-refractivity contribution in [2.45, 2.75) is 40.4 Å². The standard InChI is InChI=1S/C14H22N4O2S/c1-4-17-12(19)11-9(3)10(8-16-7-6-15)21-13(11)18(5-2)14(17)20/h16H,4-8,15H2,1-3H3. The summed E-state index contributed by atoms with van der Waals surface area (Å²) in [4.78, 5) is 26.7. The van der Waals surface area contributed by atoms with Crippen LogP contribution in [0.4, 0.5) is 0 Å². The number of nitrogens with one attached hydrogen (secondary N) is 1. The second-order valence-corrected chi connectivity index (χ2v) is 5.96. The average Bonchev–Trinajstić information content (AvgIpc) is 2.78. The number of aryl methyl sites for hydroxylation is 2. The van der Waals surface area contributed by atoms with Gasteiger partial charge in [-0.3, -0.25) is 13.9 Å². The minimum atomic E-state index is -0.222. The Hall–Kier alpha value is -1.44. The third-order valence-electron chi connectivity index (χ3n) is 3.63. The molecule has 0 bridgehead atoms. The summed E-state index contributed by atoms with van der Waals surface area (Å²) in [6.45, 7) is 8.62. The van der Waals surface area contributed by atoms with Gasteiger partial charge >= 0.3 is 5.69 Å². The van der Waals surface area contributed by atoms with Crippen LogP contribution < -0.4 is 22.3 Å². The van der Waals surface area contributed by atoms with Gasteiger partial charge in [-0.2, -0.15) is 0 Å². The minimum absolute atomic E-state index is 0.180. The number of thiophene rings is 1. The molecule has 2 rings (SSSR count). The third kappa shape index (κ3) is 2.68. The van der Waals surface area contributed by atoms with Crippen LogP contribution in [0.2, 0.25) is 0 Å². The molecule has 21 heavy (non-hydrogen) atoms. The molecule has 0 aliphatic rings. The van der Waals surface area contributed by atoms with Gasteiger partial charge < -0.3 is 11.1 Å². The molecule has 0 unspecified atom stereocenters. The highest BCUT2D eigenvalue weighted by Gasteiger charge is 2.18. The van der Waals surface area contributed by atoms with Crippen LogP contribution in [0.5, 0.6) is 0 Å². The van der Waals surface area contributed by atoms with Gasteiger partial charge in [0.25, 0.3) is 5.56 Å². The van der Waals surface area contributed by atoms with Crippen molar-refractivity contribution in [3.8, 4) is 0 Å². The normalized spacial score (nSPS) is 11.4. The Labute approximate surface area is 127 Å². The summed E-state index contributed by atoms with van der Waals surface area (Å²) in [6, 6.07) is 0. The van der Waals surface area contributed by atoms with E-state index in [2.05, 4.69) is 5.32 Å². The van der Waals surface area contributed by atoms with Gasteiger partial charge in [-0.15, -0.1) is 11.3 Å². The monoisotopic (exact) mass is 310 g/mol. The average molecular weight is 310 g/mol. The molecule has 0 fully saturated rings. The van der Waals surface area contributed by atoms with E-state index in [9.17, 15) is 9.59 Å². The zero-order chi connectivity index (χ0) is 15.6. The van der Waals surface area contributed by atoms with Crippen LogP contribution >= 0.6 is 11.3 Å². The summed E-state index contributed by atoms with van der Waals surface area (Å²) >= 11 is 1.52. The lowest BCUT2D eigenvalue weighted by molar-refractivity contribution is 0.611. The molecule has 0 aliphatic heterocycles. The molecule has 7 heteroatoms. The fraction of sp³-hybridized carbons (Fsp3) is 0.571. The first kappa shape index (κ1) is 15.9. The van der Waals surface area contributed by atoms with Crippen molar-refractivity contribution in [3.63, 3.8) is 0 Å². The fourth-order valence-electron chi connectivity index (χ4n) is 2.47. The topological polar surface area (TPSA) is 82.0 Å². The number of aromatic nitrogens is 2. The molecule has 2 aromatic heterocycles. The van der Waals surface area contributed by atoms with Gasteiger partial charge in [0, 0.05) is 37.6 Å². The van der Waals surface area contributed by atoms with E-state index in [1.54, 1.807) is 4.57 Å². The summed E-state index contributed by atoms with van der Waals surface area (Å²) in [5.74, 6) is 0. The molecule has 116 valence electrons. The molecule has 3 N–H and O–H groups in total. The Morgan fingerprint density at radius 1 is 1.19 bits per heavy atom. The van der Waals surface area contributed by atoms with Gasteiger partial charge in [0.2, 0.25) is 0 Å². The van der Waals surface area contributed by atoms with Gasteiger partial charge in [0.15, 0.2) is 0 Å². The molecule has 0 aliphatic carbocycles. The van der Waals surface area contributed by atoms with E-state index in [1.807, 2.05) is 20.8 Å². The number of fused-ring (bicyclic) bond motifs is 1. The fourth-order valence-corrected chi connectivity index (χ4v) is 3.79. The van der Waals surface area contributed by atoms with Crippen molar-refractivity contribution >= 4 is 21.6 Å². The molecule has 0 atom stereocenters. The van der Waals surface area contributed by atoms with E-state index in [4.69, 9.17) is 5.73 Å². The maximum atomic E-state index is 12.5. The van der Waals surface area contributed by atoms with E-state index in [0.717, 1.165) is 21.8 Å². The van der Waals surface area contributed by atoms with Crippen molar-refractivity contribution in [1.29, 1.82) is 0 Å². The SMILES string of the molecule is CCn1c(=O)c2c(C)c(CNCCN)sc2n(CC)c1=O. The molecular weight excluding hydrogens is 288 g/mol. The van der Waals surface area contributed by atoms with E-state index < -0.39 is 0 Å². The lowest BCUT2D eigenvalue weighted by atomic mass is 10.2. The van der Waals surface area contributed by atoms with Gasteiger partial charge in [-0.25, -0.2) is 4.79 Å². The van der Waals surface area contributed by atoms with Gasteiger partial charge in [-0.05, 0) is 26.3 Å². The first-order valence-corrected chi connectivity index (χ1v) is 8.04. The zero-order valence-electron chi connectivity index (χ0n) is 12.7. The Morgan fingerprint density at radius 3 is 2.43 bits per heavy atom. The molecule has 0 radical (unpaired) electrons. The smallest absolute Gasteiger partial charge is 0.329 e. The van der Waals surface area contributed by atoms with Crippen LogP contribution in [-0.4, -0.2) is 22.2 Å². The highest BCUT2D eigenvalue weighted by Crippen LogP contribution is 2.27. The minimum Gasteiger partial charge on any atom is -0.329 e. The van der Waals surface area contributed by atoms with E-state index in [1.165, 1.54) is 15.9 Å². The lowest BCUT2D eigenvalue weighted by Gasteiger charge is -2.08. The van der Waals surface area contributed by atoms with Crippen LogP contribution in [0.25, 0.3) is 10.2 Å². The van der Waals surface area contributed by atoms with Crippen LogP contribution in [0.15, 0.2) is 9.59 Å². The largest absolute Gasteiger partial charge is 0.332 e. The number of hydrogen-bond donors (Lipinski definition) is 2. The molecule has 6 nitrogen and oxygen atoms in total. The van der Waals surface area contributed by atoms with Crippen molar-refractivity contribution < 1.29 is 0 Å². The molecule has 2 heterocycles. The molecule has 0 amide bonds.